The monoisotopic (exact) mass is 410 g/mol. The van der Waals surface area contributed by atoms with Crippen molar-refractivity contribution in [2.45, 2.75) is 24.8 Å². The zero-order valence-electron chi connectivity index (χ0n) is 15.0. The number of amides is 1. The summed E-state index contributed by atoms with van der Waals surface area (Å²) in [7, 11) is -2.41. The van der Waals surface area contributed by atoms with E-state index in [0.717, 1.165) is 0 Å². The summed E-state index contributed by atoms with van der Waals surface area (Å²) in [6.45, 7) is 3.63. The van der Waals surface area contributed by atoms with Crippen molar-refractivity contribution in [2.75, 3.05) is 23.3 Å². The lowest BCUT2D eigenvalue weighted by Crippen LogP contribution is -2.41. The van der Waals surface area contributed by atoms with Crippen LogP contribution in [0.15, 0.2) is 41.3 Å². The zero-order chi connectivity index (χ0) is 19.8. The number of sulfonamides is 1. The number of halogens is 1. The van der Waals surface area contributed by atoms with Crippen LogP contribution in [-0.4, -0.2) is 34.1 Å². The van der Waals surface area contributed by atoms with Gasteiger partial charge in [-0.15, -0.1) is 0 Å². The molecule has 0 saturated heterocycles. The maximum atomic E-state index is 12.8. The Bertz CT molecular complexity index is 993. The van der Waals surface area contributed by atoms with E-state index < -0.39 is 10.0 Å². The molecule has 2 aromatic rings. The van der Waals surface area contributed by atoms with Crippen molar-refractivity contribution in [2.24, 2.45) is 0 Å². The number of methoxy groups -OCH3 is 1. The number of carbonyl (C=O) groups is 1. The van der Waals surface area contributed by atoms with Gasteiger partial charge in [-0.2, -0.15) is 0 Å². The Morgan fingerprint density at radius 2 is 2.04 bits per heavy atom. The van der Waals surface area contributed by atoms with E-state index >= 15 is 0 Å². The van der Waals surface area contributed by atoms with E-state index in [1.54, 1.807) is 18.2 Å². The van der Waals surface area contributed by atoms with E-state index in [9.17, 15) is 13.2 Å². The molecule has 9 heteroatoms. The van der Waals surface area contributed by atoms with Gasteiger partial charge in [0.05, 0.1) is 34.9 Å². The molecule has 1 heterocycles. The standard InChI is InChI=1S/C18H19ClN2O5S/c1-11-10-21(12(2)22)16-9-14(5-7-18(16)26-11)27(23,24)20-13-4-6-17(25-3)15(19)8-13/h4-9,11,20H,10H2,1-3H3. The normalized spacial score (nSPS) is 16.3. The van der Waals surface area contributed by atoms with Crippen LogP contribution >= 0.6 is 11.6 Å². The summed E-state index contributed by atoms with van der Waals surface area (Å²) in [5, 5.41) is 0.285. The average molecular weight is 411 g/mol. The Balaban J connectivity index is 1.95. The summed E-state index contributed by atoms with van der Waals surface area (Å²) >= 11 is 6.05. The Kier molecular flexibility index (Phi) is 5.21. The van der Waals surface area contributed by atoms with Gasteiger partial charge in [-0.05, 0) is 43.3 Å². The lowest BCUT2D eigenvalue weighted by Gasteiger charge is -2.33. The summed E-state index contributed by atoms with van der Waals surface area (Å²) < 4.78 is 38.8. The number of nitrogens with one attached hydrogen (secondary N) is 1. The summed E-state index contributed by atoms with van der Waals surface area (Å²) in [6, 6.07) is 8.99. The van der Waals surface area contributed by atoms with Gasteiger partial charge < -0.3 is 14.4 Å². The number of nitrogens with zero attached hydrogens (tertiary/aromatic N) is 1. The SMILES string of the molecule is COc1ccc(NS(=O)(=O)c2ccc3c(c2)N(C(C)=O)CC(C)O3)cc1Cl. The first-order valence-corrected chi connectivity index (χ1v) is 10.0. The molecule has 144 valence electrons. The predicted molar refractivity (Wildman–Crippen MR) is 103 cm³/mol. The van der Waals surface area contributed by atoms with Gasteiger partial charge in [-0.3, -0.25) is 9.52 Å². The lowest BCUT2D eigenvalue weighted by molar-refractivity contribution is -0.117. The summed E-state index contributed by atoms with van der Waals surface area (Å²) in [5.41, 5.74) is 0.725. The van der Waals surface area contributed by atoms with E-state index in [1.807, 2.05) is 6.92 Å². The molecule has 3 rings (SSSR count). The predicted octanol–water partition coefficient (Wildman–Crippen LogP) is 3.28. The van der Waals surface area contributed by atoms with Crippen LogP contribution in [0.25, 0.3) is 0 Å². The van der Waals surface area contributed by atoms with Crippen LogP contribution in [0.1, 0.15) is 13.8 Å². The number of hydrogen-bond donors (Lipinski definition) is 1. The highest BCUT2D eigenvalue weighted by atomic mass is 35.5. The smallest absolute Gasteiger partial charge is 0.261 e. The van der Waals surface area contributed by atoms with Gasteiger partial charge in [0.25, 0.3) is 10.0 Å². The van der Waals surface area contributed by atoms with Crippen molar-refractivity contribution in [3.63, 3.8) is 0 Å². The first-order chi connectivity index (χ1) is 12.7. The lowest BCUT2D eigenvalue weighted by atomic mass is 10.2. The molecule has 1 atom stereocenters. The fourth-order valence-corrected chi connectivity index (χ4v) is 4.15. The Morgan fingerprint density at radius 1 is 1.30 bits per heavy atom. The first kappa shape index (κ1) is 19.3. The second-order valence-corrected chi connectivity index (χ2v) is 8.23. The van der Waals surface area contributed by atoms with E-state index in [2.05, 4.69) is 4.72 Å². The number of fused-ring (bicyclic) bond motifs is 1. The quantitative estimate of drug-likeness (QED) is 0.836. The fraction of sp³-hybridized carbons (Fsp3) is 0.278. The second kappa shape index (κ2) is 7.28. The Morgan fingerprint density at radius 3 is 2.67 bits per heavy atom. The van der Waals surface area contributed by atoms with Crippen LogP contribution < -0.4 is 19.1 Å². The Hall–Kier alpha value is -2.45. The molecule has 0 aliphatic carbocycles. The van der Waals surface area contributed by atoms with Gasteiger partial charge in [-0.1, -0.05) is 11.6 Å². The van der Waals surface area contributed by atoms with Crippen LogP contribution in [0.2, 0.25) is 5.02 Å². The highest BCUT2D eigenvalue weighted by Gasteiger charge is 2.28. The zero-order valence-corrected chi connectivity index (χ0v) is 16.6. The topological polar surface area (TPSA) is 84.9 Å². The molecule has 1 unspecified atom stereocenters. The van der Waals surface area contributed by atoms with Crippen molar-refractivity contribution < 1.29 is 22.7 Å². The van der Waals surface area contributed by atoms with Crippen LogP contribution in [-0.2, 0) is 14.8 Å². The first-order valence-electron chi connectivity index (χ1n) is 8.16. The molecule has 0 radical (unpaired) electrons. The van der Waals surface area contributed by atoms with Crippen LogP contribution in [0.4, 0.5) is 11.4 Å². The number of ether oxygens (including phenoxy) is 2. The molecular weight excluding hydrogens is 392 g/mol. The average Bonchev–Trinajstić information content (AvgIpc) is 2.60. The van der Waals surface area contributed by atoms with Crippen LogP contribution in [0.5, 0.6) is 11.5 Å². The van der Waals surface area contributed by atoms with Gasteiger partial charge in [0.2, 0.25) is 5.91 Å². The highest BCUT2D eigenvalue weighted by molar-refractivity contribution is 7.92. The molecule has 0 bridgehead atoms. The third-order valence-electron chi connectivity index (χ3n) is 4.08. The van der Waals surface area contributed by atoms with E-state index in [-0.39, 0.29) is 21.9 Å². The number of benzene rings is 2. The van der Waals surface area contributed by atoms with E-state index in [0.29, 0.717) is 29.4 Å². The van der Waals surface area contributed by atoms with Crippen molar-refractivity contribution in [3.8, 4) is 11.5 Å². The number of carbonyl (C=O) groups excluding carboxylic acids is 1. The molecule has 1 aliphatic heterocycles. The summed E-state index contributed by atoms with van der Waals surface area (Å²) in [6.07, 6.45) is -0.177. The maximum absolute atomic E-state index is 12.8. The molecule has 1 aliphatic rings. The molecule has 27 heavy (non-hydrogen) atoms. The van der Waals surface area contributed by atoms with Gasteiger partial charge in [0, 0.05) is 6.92 Å². The van der Waals surface area contributed by atoms with E-state index in [1.165, 1.54) is 37.1 Å². The van der Waals surface area contributed by atoms with Crippen LogP contribution in [0, 0.1) is 0 Å². The summed E-state index contributed by atoms with van der Waals surface area (Å²) in [4.78, 5) is 13.5. The minimum atomic E-state index is -3.89. The maximum Gasteiger partial charge on any atom is 0.261 e. The molecule has 1 N–H and O–H groups in total. The number of rotatable bonds is 4. The van der Waals surface area contributed by atoms with Crippen molar-refractivity contribution in [1.29, 1.82) is 0 Å². The summed E-state index contributed by atoms with van der Waals surface area (Å²) in [5.74, 6) is 0.725. The largest absolute Gasteiger partial charge is 0.495 e. The van der Waals surface area contributed by atoms with Gasteiger partial charge in [-0.25, -0.2) is 8.42 Å². The molecule has 0 aromatic heterocycles. The molecule has 0 spiro atoms. The minimum Gasteiger partial charge on any atom is -0.495 e. The van der Waals surface area contributed by atoms with E-state index in [4.69, 9.17) is 21.1 Å². The molecule has 1 amide bonds. The third kappa shape index (κ3) is 3.96. The van der Waals surface area contributed by atoms with Gasteiger partial charge >= 0.3 is 0 Å². The highest BCUT2D eigenvalue weighted by Crippen LogP contribution is 2.36. The molecule has 0 fully saturated rings. The van der Waals surface area contributed by atoms with Crippen molar-refractivity contribution in [1.82, 2.24) is 0 Å². The minimum absolute atomic E-state index is 0.0117. The molecule has 2 aromatic carbocycles. The third-order valence-corrected chi connectivity index (χ3v) is 5.76. The Labute approximate surface area is 162 Å². The van der Waals surface area contributed by atoms with Crippen molar-refractivity contribution in [3.05, 3.63) is 41.4 Å². The van der Waals surface area contributed by atoms with Gasteiger partial charge in [0.1, 0.15) is 17.6 Å². The molecule has 7 nitrogen and oxygen atoms in total. The second-order valence-electron chi connectivity index (χ2n) is 6.14. The van der Waals surface area contributed by atoms with Crippen LogP contribution in [0.3, 0.4) is 0 Å². The van der Waals surface area contributed by atoms with Crippen molar-refractivity contribution >= 4 is 38.9 Å². The number of hydrogen-bond acceptors (Lipinski definition) is 5. The molecular formula is C18H19ClN2O5S. The molecule has 0 saturated carbocycles. The number of anilines is 2. The van der Waals surface area contributed by atoms with Gasteiger partial charge in [0.15, 0.2) is 0 Å². The fourth-order valence-electron chi connectivity index (χ4n) is 2.83.